The SMILES string of the molecule is CO[C@@H]1CC[C@H](C)C1. The summed E-state index contributed by atoms with van der Waals surface area (Å²) in [5.74, 6) is 0.903. The molecule has 1 aliphatic rings. The van der Waals surface area contributed by atoms with Crippen molar-refractivity contribution >= 4 is 0 Å². The van der Waals surface area contributed by atoms with Gasteiger partial charge in [-0.1, -0.05) is 6.92 Å². The molecule has 48 valence electrons. The fourth-order valence-electron chi connectivity index (χ4n) is 1.37. The van der Waals surface area contributed by atoms with Gasteiger partial charge in [-0.05, 0) is 25.2 Å². The lowest BCUT2D eigenvalue weighted by molar-refractivity contribution is 0.106. The summed E-state index contributed by atoms with van der Waals surface area (Å²) < 4.78 is 5.18. The molecule has 2 atom stereocenters. The van der Waals surface area contributed by atoms with E-state index in [1.54, 1.807) is 0 Å². The number of ether oxygens (including phenoxy) is 1. The van der Waals surface area contributed by atoms with Crippen molar-refractivity contribution in [2.24, 2.45) is 5.92 Å². The van der Waals surface area contributed by atoms with Gasteiger partial charge in [-0.2, -0.15) is 0 Å². The highest BCUT2D eigenvalue weighted by molar-refractivity contribution is 4.71. The van der Waals surface area contributed by atoms with E-state index in [9.17, 15) is 0 Å². The molecule has 1 aliphatic carbocycles. The van der Waals surface area contributed by atoms with Gasteiger partial charge in [0.05, 0.1) is 6.10 Å². The number of rotatable bonds is 1. The third-order valence-electron chi connectivity index (χ3n) is 1.98. The van der Waals surface area contributed by atoms with Crippen LogP contribution in [0.25, 0.3) is 0 Å². The van der Waals surface area contributed by atoms with Gasteiger partial charge in [0.25, 0.3) is 0 Å². The molecule has 0 amide bonds. The van der Waals surface area contributed by atoms with Gasteiger partial charge in [-0.15, -0.1) is 0 Å². The second-order valence-corrected chi connectivity index (χ2v) is 2.78. The fraction of sp³-hybridized carbons (Fsp3) is 1.00. The number of hydrogen-bond donors (Lipinski definition) is 0. The lowest BCUT2D eigenvalue weighted by atomic mass is 10.1. The van der Waals surface area contributed by atoms with E-state index < -0.39 is 0 Å². The average molecular weight is 114 g/mol. The molecule has 0 spiro atoms. The van der Waals surface area contributed by atoms with Crippen LogP contribution in [-0.2, 0) is 4.74 Å². The summed E-state index contributed by atoms with van der Waals surface area (Å²) in [5, 5.41) is 0. The molecular weight excluding hydrogens is 100 g/mol. The highest BCUT2D eigenvalue weighted by Crippen LogP contribution is 2.26. The Kier molecular flexibility index (Phi) is 1.90. The van der Waals surface area contributed by atoms with Crippen molar-refractivity contribution in [1.29, 1.82) is 0 Å². The van der Waals surface area contributed by atoms with E-state index in [2.05, 4.69) is 6.92 Å². The molecule has 0 aliphatic heterocycles. The van der Waals surface area contributed by atoms with Crippen LogP contribution in [0.3, 0.4) is 0 Å². The van der Waals surface area contributed by atoms with E-state index in [4.69, 9.17) is 4.74 Å². The van der Waals surface area contributed by atoms with Crippen LogP contribution >= 0.6 is 0 Å². The maximum absolute atomic E-state index is 5.18. The quantitative estimate of drug-likeness (QED) is 0.505. The van der Waals surface area contributed by atoms with Crippen molar-refractivity contribution in [2.75, 3.05) is 7.11 Å². The van der Waals surface area contributed by atoms with Crippen LogP contribution in [0.2, 0.25) is 0 Å². The van der Waals surface area contributed by atoms with Crippen molar-refractivity contribution in [2.45, 2.75) is 32.3 Å². The van der Waals surface area contributed by atoms with Crippen LogP contribution in [-0.4, -0.2) is 13.2 Å². The van der Waals surface area contributed by atoms with Crippen LogP contribution in [0, 0.1) is 5.92 Å². The first kappa shape index (κ1) is 6.09. The van der Waals surface area contributed by atoms with Gasteiger partial charge in [0.2, 0.25) is 0 Å². The molecule has 0 aromatic heterocycles. The third-order valence-corrected chi connectivity index (χ3v) is 1.98. The van der Waals surface area contributed by atoms with Gasteiger partial charge >= 0.3 is 0 Å². The molecule has 1 nitrogen and oxygen atoms in total. The predicted molar refractivity (Wildman–Crippen MR) is 33.8 cm³/mol. The van der Waals surface area contributed by atoms with Gasteiger partial charge in [-0.3, -0.25) is 0 Å². The first-order valence-electron chi connectivity index (χ1n) is 3.35. The Balaban J connectivity index is 2.22. The van der Waals surface area contributed by atoms with Gasteiger partial charge in [-0.25, -0.2) is 0 Å². The van der Waals surface area contributed by atoms with Crippen molar-refractivity contribution in [3.05, 3.63) is 0 Å². The largest absolute Gasteiger partial charge is 0.381 e. The smallest absolute Gasteiger partial charge is 0.0574 e. The first-order valence-corrected chi connectivity index (χ1v) is 3.35. The molecule has 0 heterocycles. The van der Waals surface area contributed by atoms with Crippen LogP contribution in [0.15, 0.2) is 0 Å². The number of hydrogen-bond acceptors (Lipinski definition) is 1. The van der Waals surface area contributed by atoms with E-state index in [1.165, 1.54) is 19.3 Å². The van der Waals surface area contributed by atoms with Crippen LogP contribution in [0.1, 0.15) is 26.2 Å². The van der Waals surface area contributed by atoms with Crippen LogP contribution in [0.4, 0.5) is 0 Å². The van der Waals surface area contributed by atoms with Gasteiger partial charge in [0.1, 0.15) is 0 Å². The second-order valence-electron chi connectivity index (χ2n) is 2.78. The first-order chi connectivity index (χ1) is 3.83. The summed E-state index contributed by atoms with van der Waals surface area (Å²) in [4.78, 5) is 0. The summed E-state index contributed by atoms with van der Waals surface area (Å²) in [6, 6.07) is 0. The third kappa shape index (κ3) is 1.22. The molecule has 0 aromatic rings. The zero-order valence-corrected chi connectivity index (χ0v) is 5.68. The Bertz CT molecular complexity index is 70.8. The zero-order chi connectivity index (χ0) is 5.98. The Morgan fingerprint density at radius 3 is 2.38 bits per heavy atom. The normalized spacial score (nSPS) is 38.2. The van der Waals surface area contributed by atoms with E-state index in [0.29, 0.717) is 6.10 Å². The minimum Gasteiger partial charge on any atom is -0.381 e. The molecule has 0 unspecified atom stereocenters. The summed E-state index contributed by atoms with van der Waals surface area (Å²) in [7, 11) is 1.81. The minimum absolute atomic E-state index is 0.574. The lowest BCUT2D eigenvalue weighted by Gasteiger charge is -2.04. The molecule has 1 rings (SSSR count). The summed E-state index contributed by atoms with van der Waals surface area (Å²) in [6.45, 7) is 2.29. The van der Waals surface area contributed by atoms with Crippen LogP contribution < -0.4 is 0 Å². The second kappa shape index (κ2) is 2.49. The van der Waals surface area contributed by atoms with Crippen LogP contribution in [0.5, 0.6) is 0 Å². The van der Waals surface area contributed by atoms with E-state index in [1.807, 2.05) is 7.11 Å². The Morgan fingerprint density at radius 2 is 2.12 bits per heavy atom. The molecule has 0 radical (unpaired) electrons. The predicted octanol–water partition coefficient (Wildman–Crippen LogP) is 1.82. The summed E-state index contributed by atoms with van der Waals surface area (Å²) >= 11 is 0. The molecule has 8 heavy (non-hydrogen) atoms. The molecule has 1 heteroatoms. The maximum atomic E-state index is 5.18. The number of methoxy groups -OCH3 is 1. The lowest BCUT2D eigenvalue weighted by Crippen LogP contribution is -2.03. The maximum Gasteiger partial charge on any atom is 0.0574 e. The Hall–Kier alpha value is -0.0400. The standard InChI is InChI=1S/C7H14O/c1-6-3-4-7(5-6)8-2/h6-7H,3-5H2,1-2H3/t6-,7+/m0/s1. The fourth-order valence-corrected chi connectivity index (χ4v) is 1.37. The topological polar surface area (TPSA) is 9.23 Å². The summed E-state index contributed by atoms with van der Waals surface area (Å²) in [6.07, 6.45) is 4.48. The van der Waals surface area contributed by atoms with Crippen molar-refractivity contribution in [1.82, 2.24) is 0 Å². The minimum atomic E-state index is 0.574. The van der Waals surface area contributed by atoms with Gasteiger partial charge in [0.15, 0.2) is 0 Å². The van der Waals surface area contributed by atoms with E-state index in [0.717, 1.165) is 5.92 Å². The monoisotopic (exact) mass is 114 g/mol. The zero-order valence-electron chi connectivity index (χ0n) is 5.68. The molecule has 0 saturated heterocycles. The highest BCUT2D eigenvalue weighted by atomic mass is 16.5. The molecular formula is C7H14O. The Labute approximate surface area is 51.0 Å². The van der Waals surface area contributed by atoms with Gasteiger partial charge < -0.3 is 4.74 Å². The van der Waals surface area contributed by atoms with Crippen molar-refractivity contribution < 1.29 is 4.74 Å². The molecule has 1 saturated carbocycles. The van der Waals surface area contributed by atoms with E-state index >= 15 is 0 Å². The Morgan fingerprint density at radius 1 is 1.38 bits per heavy atom. The molecule has 0 N–H and O–H groups in total. The average Bonchev–Trinajstić information content (AvgIpc) is 2.14. The van der Waals surface area contributed by atoms with Crippen molar-refractivity contribution in [3.63, 3.8) is 0 Å². The van der Waals surface area contributed by atoms with Gasteiger partial charge in [0, 0.05) is 7.11 Å². The van der Waals surface area contributed by atoms with Crippen molar-refractivity contribution in [3.8, 4) is 0 Å². The molecule has 0 aromatic carbocycles. The summed E-state index contributed by atoms with van der Waals surface area (Å²) in [5.41, 5.74) is 0. The highest BCUT2D eigenvalue weighted by Gasteiger charge is 2.19. The van der Waals surface area contributed by atoms with E-state index in [-0.39, 0.29) is 0 Å². The molecule has 0 bridgehead atoms. The molecule has 1 fully saturated rings.